The van der Waals surface area contributed by atoms with E-state index in [0.29, 0.717) is 51.0 Å². The van der Waals surface area contributed by atoms with Gasteiger partial charge < -0.3 is 39.8 Å². The Hall–Kier alpha value is -3.67. The molecule has 1 aromatic heterocycles. The Kier molecular flexibility index (Phi) is 15.3. The summed E-state index contributed by atoms with van der Waals surface area (Å²) in [5.74, 6) is -3.02. The van der Waals surface area contributed by atoms with Crippen LogP contribution in [0.5, 0.6) is 0 Å². The standard InChI is InChI=1S/C44H69N7O9/c1-9-36-44(7)40(51(43(55)60-44)20-13-12-19-50-25-33(47-48-50)31-15-14-16-32(45)23-31)30(6)46-24-26(2)21-35(56-8)39(28(4)37(52)29(5)41(54)58-36)59-42-38(53)34(22-27(3)57-42)49-17-10-11-18-49/h14-16,23,25-30,34-36,38-40,42,46,53H,9-13,17-22,24,45H2,1-8H3/t26-,27?,28+,29-,30-,34?,35-,36-,38?,39-,40-,42+,44-/m1/s1. The number of esters is 1. The predicted octanol–water partition coefficient (Wildman–Crippen LogP) is 4.43. The number of fused-ring (bicyclic) bond motifs is 1. The molecule has 0 spiro atoms. The number of aromatic nitrogens is 3. The number of nitrogens with zero attached hydrogens (tertiary/aromatic N) is 5. The number of hydrogen-bond donors (Lipinski definition) is 3. The van der Waals surface area contributed by atoms with Crippen LogP contribution in [-0.2, 0) is 39.8 Å². The number of aliphatic hydroxyl groups is 1. The van der Waals surface area contributed by atoms with Crippen LogP contribution in [0.15, 0.2) is 30.5 Å². The third-order valence-corrected chi connectivity index (χ3v) is 13.3. The number of amides is 1. The SMILES string of the molecule is CC[C@H]1OC(=O)[C@H](C)C(=O)[C@H](C)[C@@H](O[C@@H]2OC(C)CC(N3CCCC3)C2O)[C@H](OC)C[C@@H](C)CN[C@H](C)[C@H]2N(CCCCn3cc(-c4cccc(N)c4)nn3)C(=O)O[C@]12C. The second kappa shape index (κ2) is 20.0. The maximum absolute atomic E-state index is 14.3. The lowest BCUT2D eigenvalue weighted by Crippen LogP contribution is -2.60. The normalized spacial score (nSPS) is 36.4. The van der Waals surface area contributed by atoms with Gasteiger partial charge in [-0.15, -0.1) is 5.10 Å². The quantitative estimate of drug-likeness (QED) is 0.125. The first kappa shape index (κ1) is 45.8. The second-order valence-electron chi connectivity index (χ2n) is 17.9. The average molecular weight is 840 g/mol. The molecular formula is C44H69N7O9. The summed E-state index contributed by atoms with van der Waals surface area (Å²) in [4.78, 5) is 46.2. The molecule has 4 fully saturated rings. The molecule has 60 heavy (non-hydrogen) atoms. The van der Waals surface area contributed by atoms with Crippen molar-refractivity contribution in [2.24, 2.45) is 17.8 Å². The van der Waals surface area contributed by atoms with E-state index in [1.54, 1.807) is 30.5 Å². The molecule has 4 N–H and O–H groups in total. The molecule has 0 aliphatic carbocycles. The van der Waals surface area contributed by atoms with E-state index in [9.17, 15) is 19.5 Å². The molecule has 1 aromatic carbocycles. The Morgan fingerprint density at radius 1 is 1.05 bits per heavy atom. The van der Waals surface area contributed by atoms with Crippen LogP contribution in [0.3, 0.4) is 0 Å². The molecule has 2 aromatic rings. The van der Waals surface area contributed by atoms with Gasteiger partial charge in [-0.25, -0.2) is 4.79 Å². The number of Topliss-reactive ketones (excluding diaryl/α,β-unsaturated/α-hetero) is 1. The van der Waals surface area contributed by atoms with Gasteiger partial charge in [0.1, 0.15) is 23.8 Å². The van der Waals surface area contributed by atoms with Gasteiger partial charge in [-0.05, 0) is 110 Å². The molecule has 13 atom stereocenters. The van der Waals surface area contributed by atoms with Crippen LogP contribution >= 0.6 is 0 Å². The highest BCUT2D eigenvalue weighted by Crippen LogP contribution is 2.39. The topological polar surface area (TPSA) is 193 Å². The van der Waals surface area contributed by atoms with Gasteiger partial charge in [0.2, 0.25) is 0 Å². The van der Waals surface area contributed by atoms with Crippen LogP contribution in [-0.4, -0.2) is 142 Å². The van der Waals surface area contributed by atoms with Crippen molar-refractivity contribution in [3.05, 3.63) is 30.5 Å². The highest BCUT2D eigenvalue weighted by Gasteiger charge is 2.58. The number of anilines is 1. The zero-order valence-corrected chi connectivity index (χ0v) is 36.8. The van der Waals surface area contributed by atoms with E-state index >= 15 is 0 Å². The number of unbranched alkanes of at least 4 members (excludes halogenated alkanes) is 1. The lowest BCUT2D eigenvalue weighted by atomic mass is 9.84. The number of benzene rings is 1. The highest BCUT2D eigenvalue weighted by molar-refractivity contribution is 6.00. The minimum atomic E-state index is -1.22. The molecule has 0 saturated carbocycles. The molecule has 4 aliphatic rings. The molecule has 4 saturated heterocycles. The number of nitrogens with two attached hydrogens (primary N) is 1. The van der Waals surface area contributed by atoms with E-state index in [2.05, 4.69) is 27.5 Å². The maximum Gasteiger partial charge on any atom is 0.410 e. The fourth-order valence-corrected chi connectivity index (χ4v) is 9.90. The van der Waals surface area contributed by atoms with E-state index in [1.807, 2.05) is 58.2 Å². The van der Waals surface area contributed by atoms with E-state index in [1.165, 1.54) is 0 Å². The molecule has 0 radical (unpaired) electrons. The highest BCUT2D eigenvalue weighted by atomic mass is 16.7. The Bertz CT molecular complexity index is 1760. The Balaban J connectivity index is 1.19. The number of rotatable bonds is 11. The monoisotopic (exact) mass is 840 g/mol. The largest absolute Gasteiger partial charge is 0.458 e. The minimum absolute atomic E-state index is 0.0271. The summed E-state index contributed by atoms with van der Waals surface area (Å²) in [6.45, 7) is 16.5. The lowest BCUT2D eigenvalue weighted by Gasteiger charge is -2.44. The number of aliphatic hydroxyl groups excluding tert-OH is 1. The molecule has 0 bridgehead atoms. The minimum Gasteiger partial charge on any atom is -0.458 e. The van der Waals surface area contributed by atoms with Gasteiger partial charge >= 0.3 is 12.1 Å². The van der Waals surface area contributed by atoms with Crippen molar-refractivity contribution in [2.45, 2.75) is 160 Å². The van der Waals surface area contributed by atoms with E-state index in [0.717, 1.165) is 43.6 Å². The number of nitrogens with one attached hydrogen (secondary N) is 1. The number of carbonyl (C=O) groups excluding carboxylic acids is 3. The number of cyclic esters (lactones) is 1. The third-order valence-electron chi connectivity index (χ3n) is 13.3. The smallest absolute Gasteiger partial charge is 0.410 e. The summed E-state index contributed by atoms with van der Waals surface area (Å²) in [5.41, 5.74) is 7.02. The van der Waals surface area contributed by atoms with Crippen molar-refractivity contribution in [3.8, 4) is 11.3 Å². The van der Waals surface area contributed by atoms with E-state index in [-0.39, 0.29) is 29.9 Å². The van der Waals surface area contributed by atoms with Crippen LogP contribution in [0.25, 0.3) is 11.3 Å². The van der Waals surface area contributed by atoms with E-state index < -0.39 is 66.2 Å². The Labute approximate surface area is 355 Å². The van der Waals surface area contributed by atoms with Crippen LogP contribution in [0.4, 0.5) is 10.5 Å². The predicted molar refractivity (Wildman–Crippen MR) is 224 cm³/mol. The number of ketones is 1. The summed E-state index contributed by atoms with van der Waals surface area (Å²) in [6.07, 6.45) is 2.17. The number of aryl methyl sites for hydroxylation is 1. The first-order valence-electron chi connectivity index (χ1n) is 22.1. The summed E-state index contributed by atoms with van der Waals surface area (Å²) in [7, 11) is 1.60. The molecule has 1 amide bonds. The summed E-state index contributed by atoms with van der Waals surface area (Å²) in [5, 5.41) is 23.9. The van der Waals surface area contributed by atoms with Crippen LogP contribution < -0.4 is 11.1 Å². The van der Waals surface area contributed by atoms with Gasteiger partial charge in [0.05, 0.1) is 30.6 Å². The molecule has 3 unspecified atom stereocenters. The van der Waals surface area contributed by atoms with Crippen molar-refractivity contribution in [3.63, 3.8) is 0 Å². The number of methoxy groups -OCH3 is 1. The second-order valence-corrected chi connectivity index (χ2v) is 17.9. The zero-order chi connectivity index (χ0) is 43.3. The van der Waals surface area contributed by atoms with Crippen LogP contribution in [0, 0.1) is 17.8 Å². The number of likely N-dealkylation sites (tertiary alicyclic amines) is 1. The zero-order valence-electron chi connectivity index (χ0n) is 36.8. The average Bonchev–Trinajstić information content (AvgIpc) is 3.99. The van der Waals surface area contributed by atoms with Crippen molar-refractivity contribution < 1.29 is 43.2 Å². The molecule has 334 valence electrons. The van der Waals surface area contributed by atoms with Crippen molar-refractivity contribution in [1.29, 1.82) is 0 Å². The maximum atomic E-state index is 14.3. The first-order valence-corrected chi connectivity index (χ1v) is 22.1. The molecular weight excluding hydrogens is 771 g/mol. The molecule has 6 rings (SSSR count). The molecule has 16 nitrogen and oxygen atoms in total. The summed E-state index contributed by atoms with van der Waals surface area (Å²) in [6, 6.07) is 6.60. The fourth-order valence-electron chi connectivity index (χ4n) is 9.90. The fraction of sp³-hybridized carbons (Fsp3) is 0.750. The van der Waals surface area contributed by atoms with E-state index in [4.69, 9.17) is 29.4 Å². The summed E-state index contributed by atoms with van der Waals surface area (Å²) >= 11 is 0. The Morgan fingerprint density at radius 2 is 1.78 bits per heavy atom. The van der Waals surface area contributed by atoms with Crippen molar-refractivity contribution in [2.75, 3.05) is 39.0 Å². The van der Waals surface area contributed by atoms with Crippen LogP contribution in [0.1, 0.15) is 93.4 Å². The number of ether oxygens (including phenoxy) is 5. The Morgan fingerprint density at radius 3 is 2.48 bits per heavy atom. The van der Waals surface area contributed by atoms with Gasteiger partial charge in [0, 0.05) is 49.5 Å². The summed E-state index contributed by atoms with van der Waals surface area (Å²) < 4.78 is 33.2. The van der Waals surface area contributed by atoms with Crippen LogP contribution in [0.2, 0.25) is 0 Å². The number of hydrogen-bond acceptors (Lipinski definition) is 14. The van der Waals surface area contributed by atoms with Crippen molar-refractivity contribution in [1.82, 2.24) is 30.1 Å². The number of carbonyl (C=O) groups is 3. The first-order chi connectivity index (χ1) is 28.6. The van der Waals surface area contributed by atoms with Gasteiger partial charge in [-0.2, -0.15) is 0 Å². The third kappa shape index (κ3) is 10.2. The van der Waals surface area contributed by atoms with Crippen molar-refractivity contribution >= 4 is 23.5 Å². The lowest BCUT2D eigenvalue weighted by molar-refractivity contribution is -0.285. The molecule has 16 heteroatoms. The molecule has 5 heterocycles. The van der Waals surface area contributed by atoms with Gasteiger partial charge in [0.15, 0.2) is 17.7 Å². The van der Waals surface area contributed by atoms with Gasteiger partial charge in [-0.3, -0.25) is 24.1 Å². The van der Waals surface area contributed by atoms with Gasteiger partial charge in [0.25, 0.3) is 0 Å². The van der Waals surface area contributed by atoms with Gasteiger partial charge in [-0.1, -0.05) is 38.1 Å². The number of nitrogen functional groups attached to an aromatic ring is 1. The molecule has 4 aliphatic heterocycles.